The number of benzene rings is 1. The van der Waals surface area contributed by atoms with Gasteiger partial charge in [0, 0.05) is 0 Å². The Bertz CT molecular complexity index is 346. The Labute approximate surface area is 103 Å². The van der Waals surface area contributed by atoms with Crippen molar-refractivity contribution >= 4 is 0 Å². The van der Waals surface area contributed by atoms with Crippen LogP contribution in [-0.4, -0.2) is 24.3 Å². The molecule has 1 aromatic rings. The standard InChI is InChI=1S/C14H21NO2/c1-11(12-5-4-9-15-10-8-12)17-14-7-3-2-6-13(14)16/h2-3,6-7,11-12,15-16H,4-5,8-10H2,1H3. The molecule has 0 aromatic heterocycles. The first-order valence-electron chi connectivity index (χ1n) is 6.43. The lowest BCUT2D eigenvalue weighted by Crippen LogP contribution is -2.25. The predicted molar refractivity (Wildman–Crippen MR) is 68.4 cm³/mol. The first-order valence-corrected chi connectivity index (χ1v) is 6.43. The van der Waals surface area contributed by atoms with Crippen LogP contribution in [0.1, 0.15) is 26.2 Å². The molecule has 2 atom stereocenters. The average molecular weight is 235 g/mol. The van der Waals surface area contributed by atoms with Crippen LogP contribution in [0.3, 0.4) is 0 Å². The molecule has 0 spiro atoms. The van der Waals surface area contributed by atoms with Gasteiger partial charge in [-0.15, -0.1) is 0 Å². The summed E-state index contributed by atoms with van der Waals surface area (Å²) in [6.07, 6.45) is 3.71. The highest BCUT2D eigenvalue weighted by Crippen LogP contribution is 2.28. The van der Waals surface area contributed by atoms with Crippen molar-refractivity contribution in [3.63, 3.8) is 0 Å². The van der Waals surface area contributed by atoms with Gasteiger partial charge in [-0.1, -0.05) is 12.1 Å². The van der Waals surface area contributed by atoms with E-state index >= 15 is 0 Å². The van der Waals surface area contributed by atoms with Crippen LogP contribution in [0.25, 0.3) is 0 Å². The van der Waals surface area contributed by atoms with Crippen LogP contribution >= 0.6 is 0 Å². The minimum Gasteiger partial charge on any atom is -0.504 e. The molecule has 3 heteroatoms. The first kappa shape index (κ1) is 12.2. The van der Waals surface area contributed by atoms with E-state index in [1.54, 1.807) is 6.07 Å². The largest absolute Gasteiger partial charge is 0.504 e. The second-order valence-corrected chi connectivity index (χ2v) is 4.73. The van der Waals surface area contributed by atoms with Gasteiger partial charge in [0.2, 0.25) is 0 Å². The molecule has 2 unspecified atom stereocenters. The summed E-state index contributed by atoms with van der Waals surface area (Å²) in [6.45, 7) is 4.28. The fourth-order valence-electron chi connectivity index (χ4n) is 2.37. The maximum absolute atomic E-state index is 9.68. The molecule has 0 aliphatic carbocycles. The van der Waals surface area contributed by atoms with E-state index in [1.165, 1.54) is 12.8 Å². The van der Waals surface area contributed by atoms with E-state index in [1.807, 2.05) is 18.2 Å². The molecule has 1 saturated heterocycles. The van der Waals surface area contributed by atoms with E-state index in [-0.39, 0.29) is 11.9 Å². The molecule has 0 amide bonds. The van der Waals surface area contributed by atoms with Gasteiger partial charge >= 0.3 is 0 Å². The van der Waals surface area contributed by atoms with E-state index in [4.69, 9.17) is 4.74 Å². The third-order valence-corrected chi connectivity index (χ3v) is 3.46. The Hall–Kier alpha value is -1.22. The molecule has 0 radical (unpaired) electrons. The van der Waals surface area contributed by atoms with Gasteiger partial charge in [0.05, 0.1) is 6.10 Å². The summed E-state index contributed by atoms with van der Waals surface area (Å²) >= 11 is 0. The second-order valence-electron chi connectivity index (χ2n) is 4.73. The van der Waals surface area contributed by atoms with Crippen molar-refractivity contribution in [2.45, 2.75) is 32.3 Å². The van der Waals surface area contributed by atoms with Crippen molar-refractivity contribution < 1.29 is 9.84 Å². The number of rotatable bonds is 3. The number of phenols is 1. The minimum atomic E-state index is 0.156. The molecule has 94 valence electrons. The Morgan fingerprint density at radius 1 is 1.29 bits per heavy atom. The molecule has 0 bridgehead atoms. The Kier molecular flexibility index (Phi) is 4.26. The van der Waals surface area contributed by atoms with E-state index in [0.29, 0.717) is 11.7 Å². The van der Waals surface area contributed by atoms with Crippen molar-refractivity contribution in [2.75, 3.05) is 13.1 Å². The van der Waals surface area contributed by atoms with Gasteiger partial charge in [-0.25, -0.2) is 0 Å². The lowest BCUT2D eigenvalue weighted by Gasteiger charge is -2.23. The molecule has 3 nitrogen and oxygen atoms in total. The third-order valence-electron chi connectivity index (χ3n) is 3.46. The van der Waals surface area contributed by atoms with E-state index in [0.717, 1.165) is 19.5 Å². The fourth-order valence-corrected chi connectivity index (χ4v) is 2.37. The minimum absolute atomic E-state index is 0.156. The van der Waals surface area contributed by atoms with Crippen molar-refractivity contribution in [3.8, 4) is 11.5 Å². The van der Waals surface area contributed by atoms with Crippen molar-refractivity contribution in [1.29, 1.82) is 0 Å². The second kappa shape index (κ2) is 5.92. The summed E-state index contributed by atoms with van der Waals surface area (Å²) < 4.78 is 5.86. The lowest BCUT2D eigenvalue weighted by atomic mass is 9.95. The number of ether oxygens (including phenoxy) is 1. The van der Waals surface area contributed by atoms with Crippen molar-refractivity contribution in [2.24, 2.45) is 5.92 Å². The highest BCUT2D eigenvalue weighted by atomic mass is 16.5. The number of hydrogen-bond donors (Lipinski definition) is 2. The van der Waals surface area contributed by atoms with Crippen LogP contribution in [0.15, 0.2) is 24.3 Å². The summed E-state index contributed by atoms with van der Waals surface area (Å²) in [7, 11) is 0. The van der Waals surface area contributed by atoms with Gasteiger partial charge in [0.15, 0.2) is 11.5 Å². The van der Waals surface area contributed by atoms with Crippen LogP contribution in [0, 0.1) is 5.92 Å². The van der Waals surface area contributed by atoms with E-state index in [9.17, 15) is 5.11 Å². The molecular weight excluding hydrogens is 214 g/mol. The van der Waals surface area contributed by atoms with Crippen molar-refractivity contribution in [3.05, 3.63) is 24.3 Å². The molecule has 1 heterocycles. The highest BCUT2D eigenvalue weighted by molar-refractivity contribution is 5.38. The summed E-state index contributed by atoms with van der Waals surface area (Å²) in [5.74, 6) is 1.40. The lowest BCUT2D eigenvalue weighted by molar-refractivity contribution is 0.137. The van der Waals surface area contributed by atoms with E-state index in [2.05, 4.69) is 12.2 Å². The normalized spacial score (nSPS) is 22.8. The Balaban J connectivity index is 1.95. The fraction of sp³-hybridized carbons (Fsp3) is 0.571. The van der Waals surface area contributed by atoms with Crippen LogP contribution < -0.4 is 10.1 Å². The predicted octanol–water partition coefficient (Wildman–Crippen LogP) is 2.55. The zero-order valence-corrected chi connectivity index (χ0v) is 10.4. The number of nitrogens with one attached hydrogen (secondary N) is 1. The Morgan fingerprint density at radius 3 is 2.94 bits per heavy atom. The summed E-state index contributed by atoms with van der Waals surface area (Å²) in [4.78, 5) is 0. The maximum Gasteiger partial charge on any atom is 0.161 e. The number of hydrogen-bond acceptors (Lipinski definition) is 3. The van der Waals surface area contributed by atoms with Gasteiger partial charge in [-0.05, 0) is 57.3 Å². The molecule has 0 saturated carbocycles. The number of para-hydroxylation sites is 2. The monoisotopic (exact) mass is 235 g/mol. The first-order chi connectivity index (χ1) is 8.27. The van der Waals surface area contributed by atoms with Crippen molar-refractivity contribution in [1.82, 2.24) is 5.32 Å². The molecule has 17 heavy (non-hydrogen) atoms. The molecule has 2 N–H and O–H groups in total. The molecule has 1 aliphatic heterocycles. The van der Waals surface area contributed by atoms with Gasteiger partial charge < -0.3 is 15.2 Å². The zero-order chi connectivity index (χ0) is 12.1. The van der Waals surface area contributed by atoms with Gasteiger partial charge in [0.1, 0.15) is 0 Å². The summed E-state index contributed by atoms with van der Waals surface area (Å²) in [5.41, 5.74) is 0. The third kappa shape index (κ3) is 3.37. The number of aromatic hydroxyl groups is 1. The van der Waals surface area contributed by atoms with E-state index < -0.39 is 0 Å². The smallest absolute Gasteiger partial charge is 0.161 e. The highest BCUT2D eigenvalue weighted by Gasteiger charge is 2.20. The molecule has 2 rings (SSSR count). The number of phenolic OH excluding ortho intramolecular Hbond substituents is 1. The molecular formula is C14H21NO2. The van der Waals surface area contributed by atoms with Crippen LogP contribution in [0.2, 0.25) is 0 Å². The molecule has 1 aliphatic rings. The maximum atomic E-state index is 9.68. The quantitative estimate of drug-likeness (QED) is 0.846. The average Bonchev–Trinajstić information content (AvgIpc) is 2.61. The Morgan fingerprint density at radius 2 is 2.12 bits per heavy atom. The van der Waals surface area contributed by atoms with Crippen LogP contribution in [0.5, 0.6) is 11.5 Å². The van der Waals surface area contributed by atoms with Gasteiger partial charge in [0.25, 0.3) is 0 Å². The van der Waals surface area contributed by atoms with Crippen LogP contribution in [-0.2, 0) is 0 Å². The summed E-state index contributed by atoms with van der Waals surface area (Å²) in [5, 5.41) is 13.1. The SMILES string of the molecule is CC(Oc1ccccc1O)C1CCCNCC1. The zero-order valence-electron chi connectivity index (χ0n) is 10.4. The summed E-state index contributed by atoms with van der Waals surface area (Å²) in [6, 6.07) is 7.18. The topological polar surface area (TPSA) is 41.5 Å². The van der Waals surface area contributed by atoms with Crippen LogP contribution in [0.4, 0.5) is 0 Å². The molecule has 1 fully saturated rings. The van der Waals surface area contributed by atoms with Gasteiger partial charge in [-0.3, -0.25) is 0 Å². The molecule has 1 aromatic carbocycles. The van der Waals surface area contributed by atoms with Gasteiger partial charge in [-0.2, -0.15) is 0 Å².